The van der Waals surface area contributed by atoms with Gasteiger partial charge in [0, 0.05) is 0 Å². The Kier molecular flexibility index (Phi) is 17.5. The summed E-state index contributed by atoms with van der Waals surface area (Å²) in [6, 6.07) is 0. The molecular weight excluding hydrogens is 123 g/mol. The average molecular weight is 132 g/mol. The maximum atomic E-state index is 3.95. The van der Waals surface area contributed by atoms with Crippen molar-refractivity contribution in [1.29, 1.82) is 0 Å². The Bertz CT molecular complexity index is 16.3. The van der Waals surface area contributed by atoms with Crippen molar-refractivity contribution in [3.8, 4) is 0 Å². The van der Waals surface area contributed by atoms with Gasteiger partial charge in [-0.25, -0.2) is 0 Å². The number of hydrogen-bond acceptors (Lipinski definition) is 2. The summed E-state index contributed by atoms with van der Waals surface area (Å²) in [6.07, 6.45) is 1.12. The summed E-state index contributed by atoms with van der Waals surface area (Å²) in [5.74, 6) is 1.92. The number of thiol groups is 2. The van der Waals surface area contributed by atoms with E-state index in [2.05, 4.69) is 25.3 Å². The zero-order valence-electron chi connectivity index (χ0n) is 3.02. The van der Waals surface area contributed by atoms with Gasteiger partial charge in [-0.05, 0) is 17.9 Å². The second-order valence-electron chi connectivity index (χ2n) is 0.801. The molecule has 0 N–H and O–H groups in total. The summed E-state index contributed by atoms with van der Waals surface area (Å²) in [5.41, 5.74) is 0. The molecule has 0 amide bonds. The molecule has 0 bridgehead atoms. The zero-order chi connectivity index (χ0) is 4.12. The molecule has 0 heterocycles. The molecule has 0 unspecified atom stereocenters. The Balaban J connectivity index is 0. The predicted octanol–water partition coefficient (Wildman–Crippen LogP) is 0.588. The van der Waals surface area contributed by atoms with Crippen LogP contribution in [-0.4, -0.2) is 41.1 Å². The van der Waals surface area contributed by atoms with Crippen LogP contribution in [0.1, 0.15) is 6.42 Å². The molecular formula is C3H9NaS2. The fourth-order valence-corrected chi connectivity index (χ4v) is 0.636. The van der Waals surface area contributed by atoms with Gasteiger partial charge in [0.1, 0.15) is 0 Å². The summed E-state index contributed by atoms with van der Waals surface area (Å²) in [4.78, 5) is 0. The summed E-state index contributed by atoms with van der Waals surface area (Å²) in [7, 11) is 0. The third-order valence-electron chi connectivity index (χ3n) is 0.316. The molecule has 6 heavy (non-hydrogen) atoms. The van der Waals surface area contributed by atoms with Crippen molar-refractivity contribution in [3.05, 3.63) is 0 Å². The first-order chi connectivity index (χ1) is 2.41. The summed E-state index contributed by atoms with van der Waals surface area (Å²) in [6.45, 7) is 0. The van der Waals surface area contributed by atoms with Gasteiger partial charge < -0.3 is 0 Å². The number of rotatable bonds is 2. The van der Waals surface area contributed by atoms with Crippen molar-refractivity contribution in [2.24, 2.45) is 0 Å². The fourth-order valence-electron chi connectivity index (χ4n) is 0.0707. The van der Waals surface area contributed by atoms with Crippen molar-refractivity contribution >= 4 is 54.8 Å². The van der Waals surface area contributed by atoms with E-state index in [9.17, 15) is 0 Å². The summed E-state index contributed by atoms with van der Waals surface area (Å²) >= 11 is 7.90. The standard InChI is InChI=1S/C3H8S2.Na.H/c4-2-1-3-5;;/h4-5H,1-3H2;;. The fraction of sp³-hybridized carbons (Fsp3) is 1.00. The van der Waals surface area contributed by atoms with Gasteiger partial charge in [-0.1, -0.05) is 0 Å². The van der Waals surface area contributed by atoms with Crippen LogP contribution >= 0.6 is 25.3 Å². The first kappa shape index (κ1) is 10.6. The molecule has 0 spiro atoms. The molecule has 0 atom stereocenters. The van der Waals surface area contributed by atoms with Gasteiger partial charge in [-0.2, -0.15) is 25.3 Å². The molecule has 0 aromatic heterocycles. The second kappa shape index (κ2) is 9.85. The predicted molar refractivity (Wildman–Crippen MR) is 39.5 cm³/mol. The van der Waals surface area contributed by atoms with Crippen LogP contribution in [0, 0.1) is 0 Å². The monoisotopic (exact) mass is 132 g/mol. The van der Waals surface area contributed by atoms with E-state index in [-0.39, 0.29) is 29.6 Å². The molecule has 0 aliphatic heterocycles. The Labute approximate surface area is 72.2 Å². The molecule has 0 saturated carbocycles. The maximum absolute atomic E-state index is 3.95. The van der Waals surface area contributed by atoms with E-state index < -0.39 is 0 Å². The molecule has 0 saturated heterocycles. The van der Waals surface area contributed by atoms with Crippen LogP contribution in [-0.2, 0) is 0 Å². The van der Waals surface area contributed by atoms with E-state index in [1.807, 2.05) is 0 Å². The Morgan fingerprint density at radius 1 is 1.00 bits per heavy atom. The summed E-state index contributed by atoms with van der Waals surface area (Å²) < 4.78 is 0. The van der Waals surface area contributed by atoms with Crippen LogP contribution < -0.4 is 0 Å². The molecule has 0 aromatic carbocycles. The van der Waals surface area contributed by atoms with E-state index >= 15 is 0 Å². The van der Waals surface area contributed by atoms with Crippen molar-refractivity contribution in [2.75, 3.05) is 11.5 Å². The Morgan fingerprint density at radius 2 is 1.33 bits per heavy atom. The Hall–Kier alpha value is 1.70. The van der Waals surface area contributed by atoms with Gasteiger partial charge in [0.05, 0.1) is 0 Å². The van der Waals surface area contributed by atoms with Crippen molar-refractivity contribution in [3.63, 3.8) is 0 Å². The van der Waals surface area contributed by atoms with Gasteiger partial charge >= 0.3 is 29.6 Å². The number of hydrogen-bond donors (Lipinski definition) is 2. The van der Waals surface area contributed by atoms with E-state index in [0.29, 0.717) is 0 Å². The van der Waals surface area contributed by atoms with Crippen molar-refractivity contribution in [1.82, 2.24) is 0 Å². The van der Waals surface area contributed by atoms with Crippen LogP contribution in [0.4, 0.5) is 0 Å². The van der Waals surface area contributed by atoms with E-state index in [4.69, 9.17) is 0 Å². The third kappa shape index (κ3) is 9.20. The van der Waals surface area contributed by atoms with Gasteiger partial charge in [-0.15, -0.1) is 0 Å². The molecule has 3 heteroatoms. The van der Waals surface area contributed by atoms with Crippen LogP contribution in [0.3, 0.4) is 0 Å². The quantitative estimate of drug-likeness (QED) is 0.399. The van der Waals surface area contributed by atoms with E-state index in [1.165, 1.54) is 0 Å². The van der Waals surface area contributed by atoms with Crippen molar-refractivity contribution in [2.45, 2.75) is 6.42 Å². The first-order valence-electron chi connectivity index (χ1n) is 1.63. The zero-order valence-corrected chi connectivity index (χ0v) is 4.80. The van der Waals surface area contributed by atoms with Crippen LogP contribution in [0.2, 0.25) is 0 Å². The minimum absolute atomic E-state index is 0. The van der Waals surface area contributed by atoms with Crippen LogP contribution in [0.25, 0.3) is 0 Å². The third-order valence-corrected chi connectivity index (χ3v) is 0.949. The molecule has 0 rings (SSSR count). The van der Waals surface area contributed by atoms with E-state index in [0.717, 1.165) is 17.9 Å². The average Bonchev–Trinajstić information content (AvgIpc) is 1.41. The molecule has 0 aliphatic carbocycles. The van der Waals surface area contributed by atoms with Crippen molar-refractivity contribution < 1.29 is 0 Å². The van der Waals surface area contributed by atoms with E-state index in [1.54, 1.807) is 0 Å². The second-order valence-corrected chi connectivity index (χ2v) is 1.70. The molecule has 0 aliphatic rings. The van der Waals surface area contributed by atoms with Crippen LogP contribution in [0.5, 0.6) is 0 Å². The molecule has 0 aromatic rings. The molecule has 0 radical (unpaired) electrons. The normalized spacial score (nSPS) is 7.00. The topological polar surface area (TPSA) is 0 Å². The van der Waals surface area contributed by atoms with Gasteiger partial charge in [-0.3, -0.25) is 0 Å². The first-order valence-corrected chi connectivity index (χ1v) is 2.90. The van der Waals surface area contributed by atoms with Crippen LogP contribution in [0.15, 0.2) is 0 Å². The molecule has 0 nitrogen and oxygen atoms in total. The molecule has 0 fully saturated rings. The minimum atomic E-state index is 0. The SMILES string of the molecule is SCCCS.[NaH]. The molecule has 34 valence electrons. The summed E-state index contributed by atoms with van der Waals surface area (Å²) in [5, 5.41) is 0. The Morgan fingerprint density at radius 3 is 1.33 bits per heavy atom. The van der Waals surface area contributed by atoms with Gasteiger partial charge in [0.2, 0.25) is 0 Å². The van der Waals surface area contributed by atoms with Gasteiger partial charge in [0.15, 0.2) is 0 Å². The van der Waals surface area contributed by atoms with Gasteiger partial charge in [0.25, 0.3) is 0 Å².